The summed E-state index contributed by atoms with van der Waals surface area (Å²) in [4.78, 5) is 29.5. The van der Waals surface area contributed by atoms with E-state index in [-0.39, 0.29) is 12.5 Å². The predicted molar refractivity (Wildman–Crippen MR) is 134 cm³/mol. The fourth-order valence-electron chi connectivity index (χ4n) is 3.54. The summed E-state index contributed by atoms with van der Waals surface area (Å²) < 4.78 is 10.2. The van der Waals surface area contributed by atoms with Gasteiger partial charge in [0, 0.05) is 10.9 Å². The van der Waals surface area contributed by atoms with Crippen LogP contribution in [0, 0.1) is 0 Å². The number of nitrogens with two attached hydrogens (primary N) is 2. The SMILES string of the molecule is COC(=O)c1cccc(-c2cccc(CN=CC(=NN)c3nc(N)nc4c(OC)cccc34)n2)c1. The van der Waals surface area contributed by atoms with Crippen LogP contribution in [0.1, 0.15) is 21.7 Å². The number of carbonyl (C=O) groups is 1. The Hall–Kier alpha value is -4.86. The summed E-state index contributed by atoms with van der Waals surface area (Å²) in [6.07, 6.45) is 1.52. The summed E-state index contributed by atoms with van der Waals surface area (Å²) in [5.41, 5.74) is 9.91. The summed E-state index contributed by atoms with van der Waals surface area (Å²) >= 11 is 0. The molecule has 10 heteroatoms. The molecular formula is C25H23N7O3. The Morgan fingerprint density at radius 1 is 1.03 bits per heavy atom. The topological polar surface area (TPSA) is 151 Å². The van der Waals surface area contributed by atoms with E-state index in [1.807, 2.05) is 36.4 Å². The van der Waals surface area contributed by atoms with Crippen LogP contribution >= 0.6 is 0 Å². The fraction of sp³-hybridized carbons (Fsp3) is 0.120. The van der Waals surface area contributed by atoms with E-state index >= 15 is 0 Å². The van der Waals surface area contributed by atoms with Crippen LogP contribution in [0.4, 0.5) is 5.95 Å². The molecule has 4 N–H and O–H groups in total. The first-order valence-electron chi connectivity index (χ1n) is 10.6. The number of ether oxygens (including phenoxy) is 2. The number of fused-ring (bicyclic) bond motifs is 1. The van der Waals surface area contributed by atoms with Crippen molar-refractivity contribution in [1.29, 1.82) is 0 Å². The molecule has 0 atom stereocenters. The van der Waals surface area contributed by atoms with Crippen LogP contribution in [-0.2, 0) is 11.3 Å². The molecule has 0 saturated carbocycles. The number of nitrogen functional groups attached to an aromatic ring is 1. The third-order valence-corrected chi connectivity index (χ3v) is 5.16. The number of hydrogen-bond acceptors (Lipinski definition) is 10. The zero-order chi connectivity index (χ0) is 24.8. The van der Waals surface area contributed by atoms with Crippen LogP contribution < -0.4 is 16.3 Å². The van der Waals surface area contributed by atoms with E-state index in [1.165, 1.54) is 13.3 Å². The highest BCUT2D eigenvalue weighted by Gasteiger charge is 2.14. The Morgan fingerprint density at radius 2 is 1.83 bits per heavy atom. The number of hydrogen-bond donors (Lipinski definition) is 2. The van der Waals surface area contributed by atoms with E-state index in [1.54, 1.807) is 31.4 Å². The third kappa shape index (κ3) is 5.06. The Morgan fingerprint density at radius 3 is 2.60 bits per heavy atom. The second-order valence-electron chi connectivity index (χ2n) is 7.36. The minimum absolute atomic E-state index is 0.0649. The van der Waals surface area contributed by atoms with Gasteiger partial charge in [0.25, 0.3) is 0 Å². The van der Waals surface area contributed by atoms with E-state index in [4.69, 9.17) is 21.1 Å². The molecule has 0 amide bonds. The van der Waals surface area contributed by atoms with Gasteiger partial charge in [-0.3, -0.25) is 9.98 Å². The van der Waals surface area contributed by atoms with Gasteiger partial charge < -0.3 is 21.1 Å². The fourth-order valence-corrected chi connectivity index (χ4v) is 3.54. The molecule has 0 unspecified atom stereocenters. The first-order chi connectivity index (χ1) is 17.0. The molecule has 0 radical (unpaired) electrons. The molecule has 0 bridgehead atoms. The maximum atomic E-state index is 11.8. The highest BCUT2D eigenvalue weighted by atomic mass is 16.5. The van der Waals surface area contributed by atoms with Crippen molar-refractivity contribution in [1.82, 2.24) is 15.0 Å². The molecule has 4 rings (SSSR count). The Bertz CT molecular complexity index is 1450. The Labute approximate surface area is 201 Å². The van der Waals surface area contributed by atoms with Gasteiger partial charge in [-0.05, 0) is 30.3 Å². The van der Waals surface area contributed by atoms with Crippen molar-refractivity contribution < 1.29 is 14.3 Å². The Kier molecular flexibility index (Phi) is 6.91. The number of rotatable bonds is 7. The number of carbonyl (C=O) groups excluding carboxylic acids is 1. The molecule has 2 aromatic carbocycles. The van der Waals surface area contributed by atoms with Crippen molar-refractivity contribution in [3.05, 3.63) is 77.6 Å². The van der Waals surface area contributed by atoms with E-state index in [0.29, 0.717) is 45.0 Å². The second kappa shape index (κ2) is 10.4. The van der Waals surface area contributed by atoms with Gasteiger partial charge in [-0.15, -0.1) is 0 Å². The van der Waals surface area contributed by atoms with Crippen molar-refractivity contribution in [3.8, 4) is 17.0 Å². The molecule has 0 aliphatic heterocycles. The summed E-state index contributed by atoms with van der Waals surface area (Å²) in [7, 11) is 2.90. The number of benzene rings is 2. The highest BCUT2D eigenvalue weighted by molar-refractivity contribution is 6.40. The molecule has 35 heavy (non-hydrogen) atoms. The molecule has 0 fully saturated rings. The molecule has 0 spiro atoms. The number of aliphatic imine (C=N–C) groups is 1. The summed E-state index contributed by atoms with van der Waals surface area (Å²) in [5, 5.41) is 4.53. The molecule has 2 aromatic heterocycles. The lowest BCUT2D eigenvalue weighted by molar-refractivity contribution is 0.0601. The van der Waals surface area contributed by atoms with Crippen LogP contribution in [0.5, 0.6) is 5.75 Å². The number of nitrogens with zero attached hydrogens (tertiary/aromatic N) is 5. The standard InChI is InChI=1S/C25H23N7O3/c1-34-21-11-5-9-18-22(30-25(26)31-23(18)21)20(32-27)14-28-13-17-8-4-10-19(29-17)15-6-3-7-16(12-15)24(33)35-2/h3-12,14H,13,27H2,1-2H3,(H2,26,30,31). The van der Waals surface area contributed by atoms with Crippen LogP contribution in [0.25, 0.3) is 22.2 Å². The average molecular weight is 470 g/mol. The average Bonchev–Trinajstić information content (AvgIpc) is 2.90. The normalized spacial score (nSPS) is 11.7. The lowest BCUT2D eigenvalue weighted by Crippen LogP contribution is -2.12. The van der Waals surface area contributed by atoms with Gasteiger partial charge in [0.05, 0.1) is 43.9 Å². The van der Waals surface area contributed by atoms with Crippen molar-refractivity contribution in [3.63, 3.8) is 0 Å². The van der Waals surface area contributed by atoms with Crippen LogP contribution in [0.15, 0.2) is 70.8 Å². The van der Waals surface area contributed by atoms with Crippen LogP contribution in [0.2, 0.25) is 0 Å². The van der Waals surface area contributed by atoms with Gasteiger partial charge in [0.2, 0.25) is 5.95 Å². The van der Waals surface area contributed by atoms with Gasteiger partial charge >= 0.3 is 5.97 Å². The van der Waals surface area contributed by atoms with Gasteiger partial charge in [-0.25, -0.2) is 14.8 Å². The number of para-hydroxylation sites is 1. The third-order valence-electron chi connectivity index (χ3n) is 5.16. The van der Waals surface area contributed by atoms with Crippen LogP contribution in [0.3, 0.4) is 0 Å². The summed E-state index contributed by atoms with van der Waals surface area (Å²) in [6.45, 7) is 0.269. The van der Waals surface area contributed by atoms with Gasteiger partial charge in [-0.1, -0.05) is 30.3 Å². The molecule has 0 aliphatic carbocycles. The molecule has 4 aromatic rings. The lowest BCUT2D eigenvalue weighted by Gasteiger charge is -2.09. The Balaban J connectivity index is 1.59. The second-order valence-corrected chi connectivity index (χ2v) is 7.36. The number of esters is 1. The van der Waals surface area contributed by atoms with Gasteiger partial charge in [-0.2, -0.15) is 5.10 Å². The molecule has 0 saturated heterocycles. The monoisotopic (exact) mass is 469 g/mol. The van der Waals surface area contributed by atoms with Crippen LogP contribution in [-0.4, -0.2) is 47.1 Å². The van der Waals surface area contributed by atoms with Crippen molar-refractivity contribution >= 4 is 34.7 Å². The number of hydrazone groups is 1. The molecule has 2 heterocycles. The quantitative estimate of drug-likeness (QED) is 0.181. The minimum Gasteiger partial charge on any atom is -0.494 e. The van der Waals surface area contributed by atoms with Crippen molar-refractivity contribution in [2.45, 2.75) is 6.54 Å². The zero-order valence-electron chi connectivity index (χ0n) is 19.2. The maximum Gasteiger partial charge on any atom is 0.337 e. The van der Waals surface area contributed by atoms with E-state index in [0.717, 1.165) is 5.56 Å². The predicted octanol–water partition coefficient (Wildman–Crippen LogP) is 3.00. The highest BCUT2D eigenvalue weighted by Crippen LogP contribution is 2.26. The largest absolute Gasteiger partial charge is 0.494 e. The molecular weight excluding hydrogens is 446 g/mol. The summed E-state index contributed by atoms with van der Waals surface area (Å²) in [6, 6.07) is 18.1. The zero-order valence-corrected chi connectivity index (χ0v) is 19.2. The minimum atomic E-state index is -0.406. The van der Waals surface area contributed by atoms with E-state index < -0.39 is 5.97 Å². The van der Waals surface area contributed by atoms with Crippen molar-refractivity contribution in [2.75, 3.05) is 20.0 Å². The maximum absolute atomic E-state index is 11.8. The smallest absolute Gasteiger partial charge is 0.337 e. The number of anilines is 1. The number of methoxy groups -OCH3 is 2. The molecule has 0 aliphatic rings. The molecule has 176 valence electrons. The number of pyridine rings is 1. The first-order valence-corrected chi connectivity index (χ1v) is 10.6. The van der Waals surface area contributed by atoms with Gasteiger partial charge in [0.1, 0.15) is 22.7 Å². The van der Waals surface area contributed by atoms with E-state index in [2.05, 4.69) is 25.0 Å². The first kappa shape index (κ1) is 23.3. The van der Waals surface area contributed by atoms with E-state index in [9.17, 15) is 4.79 Å². The lowest BCUT2D eigenvalue weighted by atomic mass is 10.1. The summed E-state index contributed by atoms with van der Waals surface area (Å²) in [5.74, 6) is 5.87. The van der Waals surface area contributed by atoms with Gasteiger partial charge in [0.15, 0.2) is 0 Å². The van der Waals surface area contributed by atoms with Crippen molar-refractivity contribution in [2.24, 2.45) is 15.9 Å². The number of aromatic nitrogens is 3. The molecule has 10 nitrogen and oxygen atoms in total.